The van der Waals surface area contributed by atoms with Gasteiger partial charge >= 0.3 is 12.2 Å². The number of imidazole rings is 1. The molecular formula is C52H70N8O6. The number of methoxy groups -OCH3 is 2. The molecule has 3 aliphatic heterocycles. The van der Waals surface area contributed by atoms with Crippen molar-refractivity contribution in [2.24, 2.45) is 28.7 Å². The van der Waals surface area contributed by atoms with Crippen molar-refractivity contribution in [2.75, 3.05) is 25.7 Å². The Morgan fingerprint density at radius 3 is 2.35 bits per heavy atom. The van der Waals surface area contributed by atoms with Crippen molar-refractivity contribution in [1.82, 2.24) is 30.5 Å². The molecule has 354 valence electrons. The largest absolute Gasteiger partial charge is 0.453 e. The molecule has 0 spiro atoms. The van der Waals surface area contributed by atoms with E-state index in [1.54, 1.807) is 0 Å². The van der Waals surface area contributed by atoms with Crippen molar-refractivity contribution in [3.05, 3.63) is 71.6 Å². The molecule has 5 aliphatic rings. The van der Waals surface area contributed by atoms with Crippen LogP contribution < -0.4 is 15.5 Å². The summed E-state index contributed by atoms with van der Waals surface area (Å²) in [7, 11) is 2.69. The Labute approximate surface area is 388 Å². The molecule has 4 aromatic rings. The minimum atomic E-state index is -0.826. The zero-order valence-electron chi connectivity index (χ0n) is 39.6. The molecule has 14 nitrogen and oxygen atoms in total. The fourth-order valence-corrected chi connectivity index (χ4v) is 12.3. The van der Waals surface area contributed by atoms with Gasteiger partial charge in [-0.1, -0.05) is 64.8 Å². The molecule has 1 saturated carbocycles. The van der Waals surface area contributed by atoms with Gasteiger partial charge in [0.2, 0.25) is 0 Å². The van der Waals surface area contributed by atoms with Crippen LogP contribution in [0.5, 0.6) is 0 Å². The molecule has 2 aliphatic carbocycles. The van der Waals surface area contributed by atoms with E-state index in [0.29, 0.717) is 5.92 Å². The highest BCUT2D eigenvalue weighted by Crippen LogP contribution is 2.47. The number of allylic oxidation sites excluding steroid dienone is 1. The average molecular weight is 903 g/mol. The van der Waals surface area contributed by atoms with Gasteiger partial charge in [-0.3, -0.25) is 14.7 Å². The Morgan fingerprint density at radius 1 is 0.803 bits per heavy atom. The van der Waals surface area contributed by atoms with E-state index in [4.69, 9.17) is 19.5 Å². The molecule has 9 rings (SSSR count). The highest BCUT2D eigenvalue weighted by molar-refractivity contribution is 5.99. The summed E-state index contributed by atoms with van der Waals surface area (Å²) in [5, 5.41) is 18.6. The van der Waals surface area contributed by atoms with Crippen LogP contribution in [0.1, 0.15) is 128 Å². The maximum Gasteiger partial charge on any atom is 0.407 e. The molecule has 2 aromatic heterocycles. The zero-order valence-corrected chi connectivity index (χ0v) is 39.6. The lowest BCUT2D eigenvalue weighted by molar-refractivity contribution is -0.127. The van der Waals surface area contributed by atoms with Gasteiger partial charge in [0.15, 0.2) is 5.78 Å². The maximum absolute atomic E-state index is 14.1. The number of aliphatic hydroxyl groups is 1. The monoisotopic (exact) mass is 903 g/mol. The maximum atomic E-state index is 14.1. The number of aliphatic hydroxyl groups excluding tert-OH is 1. The second kappa shape index (κ2) is 19.6. The number of carbonyl (C=O) groups is 3. The smallest absolute Gasteiger partial charge is 0.407 e. The molecule has 14 heteroatoms. The minimum absolute atomic E-state index is 0.0222. The van der Waals surface area contributed by atoms with E-state index in [1.807, 2.05) is 27.7 Å². The molecule has 66 heavy (non-hydrogen) atoms. The molecule has 0 radical (unpaired) electrons. The fourth-order valence-electron chi connectivity index (χ4n) is 12.3. The van der Waals surface area contributed by atoms with Crippen LogP contribution >= 0.6 is 0 Å². The Kier molecular flexibility index (Phi) is 13.6. The Balaban J connectivity index is 0.998. The topological polar surface area (TPSA) is 177 Å². The van der Waals surface area contributed by atoms with Gasteiger partial charge in [0.05, 0.1) is 55.5 Å². The van der Waals surface area contributed by atoms with Crippen LogP contribution in [-0.4, -0.2) is 106 Å². The molecular weight excluding hydrogens is 833 g/mol. The number of aromatic amines is 2. The number of anilines is 1. The number of aromatic nitrogens is 3. The molecule has 10 unspecified atom stereocenters. The van der Waals surface area contributed by atoms with Crippen molar-refractivity contribution in [3.63, 3.8) is 0 Å². The Bertz CT molecular complexity index is 2420. The molecule has 2 amide bonds. The number of hydrogen-bond acceptors (Lipinski definition) is 10. The van der Waals surface area contributed by atoms with Crippen molar-refractivity contribution >= 4 is 51.4 Å². The number of aliphatic imine (C=N–C) groups is 1. The van der Waals surface area contributed by atoms with Gasteiger partial charge in [0, 0.05) is 47.0 Å². The van der Waals surface area contributed by atoms with E-state index in [0.717, 1.165) is 112 Å². The molecule has 10 atom stereocenters. The van der Waals surface area contributed by atoms with Crippen molar-refractivity contribution < 1.29 is 29.0 Å². The van der Waals surface area contributed by atoms with Gasteiger partial charge in [-0.05, 0) is 118 Å². The Morgan fingerprint density at radius 2 is 1.58 bits per heavy atom. The first-order valence-electron chi connectivity index (χ1n) is 24.7. The summed E-state index contributed by atoms with van der Waals surface area (Å²) in [6.07, 6.45) is 12.3. The summed E-state index contributed by atoms with van der Waals surface area (Å²) in [5.74, 6) is 2.08. The number of Topliss-reactive ketones (excluding diaryl/α,β-unsaturated/α-hetero) is 1. The third-order valence-electron chi connectivity index (χ3n) is 15.7. The molecule has 5 N–H and O–H groups in total. The van der Waals surface area contributed by atoms with Gasteiger partial charge < -0.3 is 40.1 Å². The van der Waals surface area contributed by atoms with Crippen LogP contribution in [0.25, 0.3) is 21.9 Å². The van der Waals surface area contributed by atoms with Gasteiger partial charge in [0.25, 0.3) is 0 Å². The van der Waals surface area contributed by atoms with Gasteiger partial charge in [-0.25, -0.2) is 14.6 Å². The van der Waals surface area contributed by atoms with Crippen LogP contribution in [0.3, 0.4) is 0 Å². The number of ketones is 1. The number of rotatable bonds is 13. The van der Waals surface area contributed by atoms with Gasteiger partial charge in [-0.15, -0.1) is 0 Å². The average Bonchev–Trinajstić information content (AvgIpc) is 4.16. The van der Waals surface area contributed by atoms with Crippen LogP contribution in [0.4, 0.5) is 15.4 Å². The molecule has 3 fully saturated rings. The van der Waals surface area contributed by atoms with E-state index in [9.17, 15) is 19.5 Å². The second-order valence-corrected chi connectivity index (χ2v) is 20.3. The number of alkyl carbamates (subject to hydrolysis) is 2. The number of benzene rings is 2. The molecule has 2 aromatic carbocycles. The first kappa shape index (κ1) is 45.9. The van der Waals surface area contributed by atoms with Crippen LogP contribution in [-0.2, 0) is 14.3 Å². The third kappa shape index (κ3) is 9.11. The van der Waals surface area contributed by atoms with Gasteiger partial charge in [-0.2, -0.15) is 0 Å². The normalized spacial score (nSPS) is 27.3. The Hall–Kier alpha value is -5.21. The van der Waals surface area contributed by atoms with E-state index in [2.05, 4.69) is 85.0 Å². The summed E-state index contributed by atoms with van der Waals surface area (Å²) in [5.41, 5.74) is 6.84. The lowest BCUT2D eigenvalue weighted by atomic mass is 9.73. The standard InChI is InChI=1S/C52H70N8O6/c1-29(2)46(57-51(63)65-5)48(61)35-13-8-9-14-36(35)49-55-38-21-20-34(27-41(38)56-49)43-24-23-42(60(43)45-28-32-12-7-10-15-37(32)54-45)33-18-17-31-19-22-39(53-40(31)26-33)44-16-11-25-59(44)50(62)47(30(3)4)58-52(64)66-6/h7,10,12,15,20-21,26-31,35-36,39,42-44,46-47,50,54,62H,8-9,11,13-14,16-19,22-25H2,1-6H3,(H,55,56)(H,57,63)(H,58,64). The van der Waals surface area contributed by atoms with Crippen LogP contribution in [0, 0.1) is 23.7 Å². The number of para-hydroxylation sites is 1. The predicted molar refractivity (Wildman–Crippen MR) is 258 cm³/mol. The number of hydrogen-bond donors (Lipinski definition) is 5. The summed E-state index contributed by atoms with van der Waals surface area (Å²) >= 11 is 0. The van der Waals surface area contributed by atoms with E-state index < -0.39 is 30.5 Å². The highest BCUT2D eigenvalue weighted by Gasteiger charge is 2.44. The van der Waals surface area contributed by atoms with E-state index >= 15 is 0 Å². The lowest BCUT2D eigenvalue weighted by Gasteiger charge is -2.41. The van der Waals surface area contributed by atoms with Crippen molar-refractivity contribution in [3.8, 4) is 0 Å². The highest BCUT2D eigenvalue weighted by atomic mass is 16.5. The number of ether oxygens (including phenoxy) is 2. The van der Waals surface area contributed by atoms with Crippen LogP contribution in [0.15, 0.2) is 65.2 Å². The SMILES string of the molecule is COC(=O)NC(C(=O)C1CCCCC1c1nc2ccc(C3CCC(C4=CC5=NC(C6CCCN6C(O)C(NC(=O)OC)C(C)C)CCC5CC4)N3c3cc4ccccc4[nH]3)cc2[nH]1)C(C)C. The number of fused-ring (bicyclic) bond motifs is 3. The summed E-state index contributed by atoms with van der Waals surface area (Å²) in [4.78, 5) is 61.6. The minimum Gasteiger partial charge on any atom is -0.453 e. The summed E-state index contributed by atoms with van der Waals surface area (Å²) in [6.45, 7) is 8.73. The van der Waals surface area contributed by atoms with E-state index in [1.165, 1.54) is 36.5 Å². The second-order valence-electron chi connectivity index (χ2n) is 20.3. The number of amides is 2. The zero-order chi connectivity index (χ0) is 46.2. The first-order chi connectivity index (χ1) is 31.9. The quantitative estimate of drug-likeness (QED) is 0.0876. The summed E-state index contributed by atoms with van der Waals surface area (Å²) < 4.78 is 9.80. The third-order valence-corrected chi connectivity index (χ3v) is 15.7. The first-order valence-corrected chi connectivity index (χ1v) is 24.7. The van der Waals surface area contributed by atoms with Crippen molar-refractivity contribution in [2.45, 2.75) is 153 Å². The molecule has 5 heterocycles. The van der Waals surface area contributed by atoms with E-state index in [-0.39, 0.29) is 53.6 Å². The van der Waals surface area contributed by atoms with Gasteiger partial charge in [0.1, 0.15) is 17.9 Å². The number of nitrogens with zero attached hydrogens (tertiary/aromatic N) is 4. The number of carbonyl (C=O) groups excluding carboxylic acids is 3. The predicted octanol–water partition coefficient (Wildman–Crippen LogP) is 9.08. The van der Waals surface area contributed by atoms with Crippen molar-refractivity contribution in [1.29, 1.82) is 0 Å². The number of likely N-dealkylation sites (tertiary alicyclic amines) is 1. The number of nitrogens with one attached hydrogen (secondary N) is 4. The van der Waals surface area contributed by atoms with Crippen LogP contribution in [0.2, 0.25) is 0 Å². The summed E-state index contributed by atoms with van der Waals surface area (Å²) in [6, 6.07) is 16.8. The fraction of sp³-hybridized carbons (Fsp3) is 0.596. The molecule has 0 bridgehead atoms. The lowest BCUT2D eigenvalue weighted by Crippen LogP contribution is -2.57. The number of H-pyrrole nitrogens is 2. The molecule has 2 saturated heterocycles.